The predicted octanol–water partition coefficient (Wildman–Crippen LogP) is 8.28. The second kappa shape index (κ2) is 7.18. The molecule has 0 aliphatic heterocycles. The van der Waals surface area contributed by atoms with Gasteiger partial charge in [-0.05, 0) is 38.9 Å². The average Bonchev–Trinajstić information content (AvgIpc) is 2.49. The van der Waals surface area contributed by atoms with Crippen LogP contribution in [-0.2, 0) is 5.41 Å². The van der Waals surface area contributed by atoms with E-state index in [1.165, 1.54) is 0 Å². The van der Waals surface area contributed by atoms with Gasteiger partial charge in [0.1, 0.15) is 11.5 Å². The quantitative estimate of drug-likeness (QED) is 0.455. The van der Waals surface area contributed by atoms with Crippen LogP contribution in [0.3, 0.4) is 0 Å². The minimum absolute atomic E-state index is 0.0795. The molecule has 2 heteroatoms. The van der Waals surface area contributed by atoms with Gasteiger partial charge in [0.2, 0.25) is 0 Å². The van der Waals surface area contributed by atoms with Crippen LogP contribution in [0.4, 0.5) is 0 Å². The molecule has 168 valence electrons. The van der Waals surface area contributed by atoms with E-state index in [1.54, 1.807) is 6.07 Å². The fourth-order valence-electron chi connectivity index (χ4n) is 5.83. The lowest BCUT2D eigenvalue weighted by atomic mass is 9.49. The predicted molar refractivity (Wildman–Crippen MR) is 129 cm³/mol. The van der Waals surface area contributed by atoms with Crippen LogP contribution in [0.5, 0.6) is 5.75 Å². The fourth-order valence-corrected chi connectivity index (χ4v) is 5.83. The highest BCUT2D eigenvalue weighted by atomic mass is 16.3. The van der Waals surface area contributed by atoms with E-state index in [4.69, 9.17) is 0 Å². The van der Waals surface area contributed by atoms with Crippen LogP contribution in [-0.4, -0.2) is 10.2 Å². The summed E-state index contributed by atoms with van der Waals surface area (Å²) in [5, 5.41) is 22.8. The summed E-state index contributed by atoms with van der Waals surface area (Å²) in [5.41, 5.74) is 1.80. The van der Waals surface area contributed by atoms with E-state index >= 15 is 0 Å². The highest BCUT2D eigenvalue weighted by molar-refractivity contribution is 5.53. The topological polar surface area (TPSA) is 40.5 Å². The molecule has 1 aliphatic carbocycles. The molecule has 0 heterocycles. The molecular formula is C28H44O2. The smallest absolute Gasteiger partial charge is 0.119 e. The number of aliphatic hydroxyl groups is 1. The Labute approximate surface area is 185 Å². The third-order valence-corrected chi connectivity index (χ3v) is 6.81. The van der Waals surface area contributed by atoms with Gasteiger partial charge in [0.05, 0.1) is 5.41 Å². The molecule has 0 saturated heterocycles. The van der Waals surface area contributed by atoms with Crippen molar-refractivity contribution in [3.8, 4) is 5.75 Å². The summed E-state index contributed by atoms with van der Waals surface area (Å²) >= 11 is 0. The van der Waals surface area contributed by atoms with Crippen molar-refractivity contribution in [3.05, 3.63) is 52.8 Å². The summed E-state index contributed by atoms with van der Waals surface area (Å²) in [6.07, 6.45) is 4.53. The lowest BCUT2D eigenvalue weighted by Crippen LogP contribution is -2.49. The summed E-state index contributed by atoms with van der Waals surface area (Å²) in [6.45, 7) is 26.2. The van der Waals surface area contributed by atoms with Crippen molar-refractivity contribution in [1.29, 1.82) is 0 Å². The van der Waals surface area contributed by atoms with Crippen LogP contribution < -0.4 is 0 Å². The summed E-state index contributed by atoms with van der Waals surface area (Å²) in [5.74, 6) is 0.736. The van der Waals surface area contributed by atoms with Gasteiger partial charge in [-0.2, -0.15) is 0 Å². The first-order valence-electron chi connectivity index (χ1n) is 11.2. The van der Waals surface area contributed by atoms with Gasteiger partial charge in [-0.25, -0.2) is 0 Å². The number of allylic oxidation sites excluding steroid dienone is 3. The number of hydrogen-bond donors (Lipinski definition) is 2. The van der Waals surface area contributed by atoms with Crippen LogP contribution in [0.2, 0.25) is 0 Å². The number of phenolic OH excluding ortho intramolecular Hbond substituents is 1. The van der Waals surface area contributed by atoms with Crippen molar-refractivity contribution in [2.45, 2.75) is 94.4 Å². The third-order valence-electron chi connectivity index (χ3n) is 6.81. The third kappa shape index (κ3) is 3.83. The van der Waals surface area contributed by atoms with E-state index in [1.807, 2.05) is 6.07 Å². The molecule has 1 aromatic rings. The largest absolute Gasteiger partial charge is 0.511 e. The molecular weight excluding hydrogens is 368 g/mol. The number of benzene rings is 1. The Balaban J connectivity index is 2.95. The van der Waals surface area contributed by atoms with Crippen molar-refractivity contribution >= 4 is 0 Å². The number of aliphatic hydroxyl groups excluding tert-OH is 1. The van der Waals surface area contributed by atoms with Gasteiger partial charge in [0, 0.05) is 11.5 Å². The Kier molecular flexibility index (Phi) is 5.88. The highest BCUT2D eigenvalue weighted by Gasteiger charge is 2.55. The first-order chi connectivity index (χ1) is 13.3. The zero-order valence-corrected chi connectivity index (χ0v) is 21.4. The van der Waals surface area contributed by atoms with Crippen LogP contribution in [0, 0.1) is 21.7 Å². The van der Waals surface area contributed by atoms with Gasteiger partial charge >= 0.3 is 0 Å². The summed E-state index contributed by atoms with van der Waals surface area (Å²) in [7, 11) is 0. The molecule has 0 aromatic heterocycles. The first-order valence-corrected chi connectivity index (χ1v) is 11.2. The number of aromatic hydroxyl groups is 1. The molecule has 0 spiro atoms. The number of phenols is 1. The lowest BCUT2D eigenvalue weighted by Gasteiger charge is -2.55. The molecule has 1 aliphatic rings. The molecule has 0 amide bonds. The van der Waals surface area contributed by atoms with Crippen molar-refractivity contribution < 1.29 is 10.2 Å². The summed E-state index contributed by atoms with van der Waals surface area (Å²) in [4.78, 5) is 0. The number of rotatable bonds is 1. The maximum absolute atomic E-state index is 12.0. The van der Waals surface area contributed by atoms with Crippen LogP contribution in [0.25, 0.3) is 0 Å². The SMILES string of the molecule is CC(C)(C)C1=C(O)C(C(C)(C)C)(C(C)(C)C)C=CC1c1cccc(O)c1C(C)(C)C. The van der Waals surface area contributed by atoms with Crippen LogP contribution in [0.15, 0.2) is 41.7 Å². The molecule has 0 bridgehead atoms. The standard InChI is InChI=1S/C28H44O2/c1-24(2,3)21-18(14-13-15-20(21)29)19-16-17-28(26(7,8)9,27(10,11)12)23(30)22(19)25(4,5)6/h13-17,19,29-30H,1-12H3. The molecule has 0 radical (unpaired) electrons. The molecule has 1 unspecified atom stereocenters. The molecule has 1 atom stereocenters. The van der Waals surface area contributed by atoms with E-state index in [0.29, 0.717) is 11.5 Å². The lowest BCUT2D eigenvalue weighted by molar-refractivity contribution is 0.00763. The maximum atomic E-state index is 12.0. The Morgan fingerprint density at radius 3 is 1.63 bits per heavy atom. The van der Waals surface area contributed by atoms with E-state index < -0.39 is 5.41 Å². The average molecular weight is 413 g/mol. The van der Waals surface area contributed by atoms with E-state index in [2.05, 4.69) is 101 Å². The Hall–Kier alpha value is -1.70. The van der Waals surface area contributed by atoms with Gasteiger partial charge in [0.25, 0.3) is 0 Å². The number of hydrogen-bond acceptors (Lipinski definition) is 2. The molecule has 1 aromatic carbocycles. The Morgan fingerprint density at radius 1 is 0.733 bits per heavy atom. The summed E-state index contributed by atoms with van der Waals surface area (Å²) in [6, 6.07) is 5.79. The van der Waals surface area contributed by atoms with Crippen molar-refractivity contribution in [2.24, 2.45) is 21.7 Å². The zero-order chi connectivity index (χ0) is 23.5. The Morgan fingerprint density at radius 2 is 1.23 bits per heavy atom. The second-order valence-corrected chi connectivity index (χ2v) is 13.1. The minimum Gasteiger partial charge on any atom is -0.511 e. The van der Waals surface area contributed by atoms with Crippen LogP contribution in [0.1, 0.15) is 100 Å². The van der Waals surface area contributed by atoms with Crippen molar-refractivity contribution in [2.75, 3.05) is 0 Å². The molecule has 2 nitrogen and oxygen atoms in total. The normalized spacial score (nSPS) is 20.6. The van der Waals surface area contributed by atoms with Crippen molar-refractivity contribution in [1.82, 2.24) is 0 Å². The van der Waals surface area contributed by atoms with E-state index in [-0.39, 0.29) is 27.6 Å². The minimum atomic E-state index is -0.488. The van der Waals surface area contributed by atoms with Gasteiger partial charge in [-0.3, -0.25) is 0 Å². The molecule has 0 fully saturated rings. The molecule has 30 heavy (non-hydrogen) atoms. The second-order valence-electron chi connectivity index (χ2n) is 13.1. The Bertz CT molecular complexity index is 842. The highest BCUT2D eigenvalue weighted by Crippen LogP contribution is 2.62. The van der Waals surface area contributed by atoms with E-state index in [0.717, 1.165) is 16.7 Å². The van der Waals surface area contributed by atoms with Crippen LogP contribution >= 0.6 is 0 Å². The van der Waals surface area contributed by atoms with Gasteiger partial charge < -0.3 is 10.2 Å². The molecule has 0 saturated carbocycles. The fraction of sp³-hybridized carbons (Fsp3) is 0.643. The van der Waals surface area contributed by atoms with E-state index in [9.17, 15) is 10.2 Å². The monoisotopic (exact) mass is 412 g/mol. The van der Waals surface area contributed by atoms with Crippen molar-refractivity contribution in [3.63, 3.8) is 0 Å². The molecule has 2 N–H and O–H groups in total. The van der Waals surface area contributed by atoms with Gasteiger partial charge in [0.15, 0.2) is 0 Å². The van der Waals surface area contributed by atoms with Gasteiger partial charge in [-0.1, -0.05) is 107 Å². The first kappa shape index (κ1) is 24.6. The molecule has 2 rings (SSSR count). The summed E-state index contributed by atoms with van der Waals surface area (Å²) < 4.78 is 0. The maximum Gasteiger partial charge on any atom is 0.119 e. The van der Waals surface area contributed by atoms with Gasteiger partial charge in [-0.15, -0.1) is 0 Å². The zero-order valence-electron chi connectivity index (χ0n) is 21.4.